The van der Waals surface area contributed by atoms with Gasteiger partial charge < -0.3 is 10.3 Å². The van der Waals surface area contributed by atoms with Crippen molar-refractivity contribution in [2.24, 2.45) is 5.73 Å². The van der Waals surface area contributed by atoms with E-state index in [1.165, 1.54) is 22.2 Å². The van der Waals surface area contributed by atoms with Crippen LogP contribution < -0.4 is 5.73 Å². The highest BCUT2D eigenvalue weighted by atomic mass is 32.1. The summed E-state index contributed by atoms with van der Waals surface area (Å²) in [7, 11) is 0. The molecule has 2 aromatic carbocycles. The largest absolute Gasteiger partial charge is 0.389 e. The molecule has 0 atom stereocenters. The topological polar surface area (TPSA) is 43.8 Å². The second-order valence-electron chi connectivity index (χ2n) is 6.35. The summed E-state index contributed by atoms with van der Waals surface area (Å²) in [6.45, 7) is 7.30. The van der Waals surface area contributed by atoms with Crippen molar-refractivity contribution in [2.45, 2.75) is 40.2 Å². The molecule has 2 N–H and O–H groups in total. The predicted octanol–water partition coefficient (Wildman–Crippen LogP) is 4.29. The summed E-state index contributed by atoms with van der Waals surface area (Å²) in [5.74, 6) is 1.15. The number of aryl methyl sites for hydroxylation is 3. The van der Waals surface area contributed by atoms with Gasteiger partial charge in [-0.1, -0.05) is 43.4 Å². The lowest BCUT2D eigenvalue weighted by Crippen LogP contribution is -2.10. The van der Waals surface area contributed by atoms with Gasteiger partial charge in [-0.25, -0.2) is 4.98 Å². The van der Waals surface area contributed by atoms with E-state index < -0.39 is 0 Å². The maximum absolute atomic E-state index is 5.68. The molecule has 0 unspecified atom stereocenters. The molecule has 24 heavy (non-hydrogen) atoms. The average Bonchev–Trinajstić information content (AvgIpc) is 2.86. The van der Waals surface area contributed by atoms with Crippen LogP contribution in [0.4, 0.5) is 0 Å². The van der Waals surface area contributed by atoms with Crippen LogP contribution >= 0.6 is 12.2 Å². The Morgan fingerprint density at radius 2 is 1.79 bits per heavy atom. The van der Waals surface area contributed by atoms with Gasteiger partial charge in [0.05, 0.1) is 11.0 Å². The molecule has 4 heteroatoms. The van der Waals surface area contributed by atoms with E-state index in [2.05, 4.69) is 49.6 Å². The third kappa shape index (κ3) is 3.20. The lowest BCUT2D eigenvalue weighted by molar-refractivity contribution is 0.721. The molecule has 0 aliphatic rings. The minimum atomic E-state index is 0.437. The van der Waals surface area contributed by atoms with E-state index in [0.717, 1.165) is 36.3 Å². The van der Waals surface area contributed by atoms with Crippen LogP contribution in [0, 0.1) is 13.8 Å². The standard InChI is InChI=1S/C20H23N3S/c1-4-5-19-22-17-10-13(2)14(3)11-18(17)23(19)12-15-6-8-16(9-7-15)20(21)24/h6-11H,4-5,12H2,1-3H3,(H2,21,24). The molecule has 0 saturated heterocycles. The number of aromatic nitrogens is 2. The maximum atomic E-state index is 5.68. The van der Waals surface area contributed by atoms with Crippen LogP contribution in [0.5, 0.6) is 0 Å². The summed E-state index contributed by atoms with van der Waals surface area (Å²) < 4.78 is 2.33. The highest BCUT2D eigenvalue weighted by Crippen LogP contribution is 2.23. The summed E-state index contributed by atoms with van der Waals surface area (Å²) in [5, 5.41) is 0. The van der Waals surface area contributed by atoms with Gasteiger partial charge >= 0.3 is 0 Å². The van der Waals surface area contributed by atoms with Crippen molar-refractivity contribution in [3.05, 3.63) is 64.5 Å². The van der Waals surface area contributed by atoms with Crippen molar-refractivity contribution in [1.29, 1.82) is 0 Å². The van der Waals surface area contributed by atoms with E-state index in [4.69, 9.17) is 22.9 Å². The number of fused-ring (bicyclic) bond motifs is 1. The number of hydrogen-bond donors (Lipinski definition) is 1. The lowest BCUT2D eigenvalue weighted by atomic mass is 10.1. The van der Waals surface area contributed by atoms with Crippen LogP contribution in [0.15, 0.2) is 36.4 Å². The highest BCUT2D eigenvalue weighted by molar-refractivity contribution is 7.80. The molecule has 0 amide bonds. The Kier molecular flexibility index (Phi) is 4.67. The molecule has 3 rings (SSSR count). The van der Waals surface area contributed by atoms with Gasteiger partial charge in [0.15, 0.2) is 0 Å². The molecular formula is C20H23N3S. The number of nitrogens with zero attached hydrogens (tertiary/aromatic N) is 2. The predicted molar refractivity (Wildman–Crippen MR) is 105 cm³/mol. The average molecular weight is 337 g/mol. The molecule has 3 nitrogen and oxygen atoms in total. The first kappa shape index (κ1) is 16.7. The van der Waals surface area contributed by atoms with Crippen LogP contribution in [0.3, 0.4) is 0 Å². The normalized spacial score (nSPS) is 11.1. The number of imidazole rings is 1. The van der Waals surface area contributed by atoms with Crippen LogP contribution in [0.2, 0.25) is 0 Å². The smallest absolute Gasteiger partial charge is 0.110 e. The number of nitrogens with two attached hydrogens (primary N) is 1. The fourth-order valence-electron chi connectivity index (χ4n) is 2.98. The first-order valence-electron chi connectivity index (χ1n) is 8.34. The summed E-state index contributed by atoms with van der Waals surface area (Å²) in [4.78, 5) is 5.31. The van der Waals surface area contributed by atoms with Gasteiger partial charge in [-0.15, -0.1) is 0 Å². The van der Waals surface area contributed by atoms with Gasteiger partial charge in [0, 0.05) is 18.5 Å². The van der Waals surface area contributed by atoms with Crippen molar-refractivity contribution < 1.29 is 0 Å². The Hall–Kier alpha value is -2.20. The van der Waals surface area contributed by atoms with Gasteiger partial charge in [0.2, 0.25) is 0 Å². The Balaban J connectivity index is 2.04. The van der Waals surface area contributed by atoms with Crippen molar-refractivity contribution in [1.82, 2.24) is 9.55 Å². The summed E-state index contributed by atoms with van der Waals surface area (Å²) >= 11 is 5.03. The Morgan fingerprint density at radius 3 is 2.42 bits per heavy atom. The minimum absolute atomic E-state index is 0.437. The van der Waals surface area contributed by atoms with Gasteiger partial charge in [0.25, 0.3) is 0 Å². The van der Waals surface area contributed by atoms with E-state index in [1.54, 1.807) is 0 Å². The molecule has 0 aliphatic heterocycles. The zero-order valence-corrected chi connectivity index (χ0v) is 15.3. The van der Waals surface area contributed by atoms with E-state index >= 15 is 0 Å². The quantitative estimate of drug-likeness (QED) is 0.706. The van der Waals surface area contributed by atoms with Crippen molar-refractivity contribution in [3.63, 3.8) is 0 Å². The van der Waals surface area contributed by atoms with Crippen molar-refractivity contribution in [3.8, 4) is 0 Å². The van der Waals surface area contributed by atoms with Gasteiger partial charge in [-0.05, 0) is 49.1 Å². The van der Waals surface area contributed by atoms with E-state index in [9.17, 15) is 0 Å². The van der Waals surface area contributed by atoms with Crippen molar-refractivity contribution >= 4 is 28.2 Å². The monoisotopic (exact) mass is 337 g/mol. The molecular weight excluding hydrogens is 314 g/mol. The molecule has 0 aliphatic carbocycles. The number of hydrogen-bond acceptors (Lipinski definition) is 2. The number of rotatable bonds is 5. The maximum Gasteiger partial charge on any atom is 0.110 e. The van der Waals surface area contributed by atoms with Gasteiger partial charge in [-0.3, -0.25) is 0 Å². The molecule has 0 saturated carbocycles. The third-order valence-corrected chi connectivity index (χ3v) is 4.73. The first-order valence-corrected chi connectivity index (χ1v) is 8.75. The minimum Gasteiger partial charge on any atom is -0.389 e. The van der Waals surface area contributed by atoms with Crippen LogP contribution in [-0.2, 0) is 13.0 Å². The fraction of sp³-hybridized carbons (Fsp3) is 0.300. The molecule has 0 spiro atoms. The van der Waals surface area contributed by atoms with Gasteiger partial charge in [-0.2, -0.15) is 0 Å². The SMILES string of the molecule is CCCc1nc2cc(C)c(C)cc2n1Cc1ccc(C(N)=S)cc1. The summed E-state index contributed by atoms with van der Waals surface area (Å²) in [5.41, 5.74) is 12.7. The van der Waals surface area contributed by atoms with E-state index in [-0.39, 0.29) is 0 Å². The van der Waals surface area contributed by atoms with Crippen LogP contribution in [0.25, 0.3) is 11.0 Å². The second kappa shape index (κ2) is 6.73. The molecule has 0 fully saturated rings. The molecule has 1 aromatic heterocycles. The zero-order chi connectivity index (χ0) is 17.3. The molecule has 0 radical (unpaired) electrons. The number of benzene rings is 2. The number of thiocarbonyl (C=S) groups is 1. The molecule has 0 bridgehead atoms. The summed E-state index contributed by atoms with van der Waals surface area (Å²) in [6.07, 6.45) is 2.07. The summed E-state index contributed by atoms with van der Waals surface area (Å²) in [6, 6.07) is 12.6. The first-order chi connectivity index (χ1) is 11.5. The Bertz CT molecular complexity index is 891. The van der Waals surface area contributed by atoms with Gasteiger partial charge in [0.1, 0.15) is 10.8 Å². The molecule has 124 valence electrons. The second-order valence-corrected chi connectivity index (χ2v) is 6.79. The van der Waals surface area contributed by atoms with E-state index in [0.29, 0.717) is 4.99 Å². The van der Waals surface area contributed by atoms with E-state index in [1.807, 2.05) is 12.1 Å². The van der Waals surface area contributed by atoms with Crippen LogP contribution in [0.1, 0.15) is 41.4 Å². The molecule has 1 heterocycles. The zero-order valence-electron chi connectivity index (χ0n) is 14.5. The highest BCUT2D eigenvalue weighted by Gasteiger charge is 2.12. The van der Waals surface area contributed by atoms with Crippen LogP contribution in [-0.4, -0.2) is 14.5 Å². The fourth-order valence-corrected chi connectivity index (χ4v) is 3.11. The lowest BCUT2D eigenvalue weighted by Gasteiger charge is -2.10. The molecule has 3 aromatic rings. The Morgan fingerprint density at radius 1 is 1.12 bits per heavy atom. The Labute approximate surface area is 148 Å². The van der Waals surface area contributed by atoms with Crippen molar-refractivity contribution in [2.75, 3.05) is 0 Å². The third-order valence-electron chi connectivity index (χ3n) is 4.50.